The van der Waals surface area contributed by atoms with Crippen LogP contribution in [-0.4, -0.2) is 7.11 Å². The van der Waals surface area contributed by atoms with Crippen LogP contribution < -0.4 is 4.74 Å². The topological polar surface area (TPSA) is 33.0 Å². The lowest BCUT2D eigenvalue weighted by Crippen LogP contribution is -1.96. The fourth-order valence-corrected chi connectivity index (χ4v) is 1.62. The number of ether oxygens (including phenoxy) is 1. The van der Waals surface area contributed by atoms with E-state index in [1.54, 1.807) is 6.07 Å². The molecule has 1 rings (SSSR count). The van der Waals surface area contributed by atoms with Gasteiger partial charge in [0, 0.05) is 5.88 Å². The van der Waals surface area contributed by atoms with Gasteiger partial charge in [0.25, 0.3) is 0 Å². The average molecular weight is 234 g/mol. The summed E-state index contributed by atoms with van der Waals surface area (Å²) in [6, 6.07) is 2.81. The molecule has 0 aliphatic carbocycles. The Kier molecular flexibility index (Phi) is 3.56. The molecule has 0 aliphatic rings. The van der Waals surface area contributed by atoms with Crippen molar-refractivity contribution < 1.29 is 9.13 Å². The van der Waals surface area contributed by atoms with Gasteiger partial charge in [-0.25, -0.2) is 4.39 Å². The van der Waals surface area contributed by atoms with Gasteiger partial charge in [-0.15, -0.1) is 11.6 Å². The van der Waals surface area contributed by atoms with Crippen LogP contribution in [0.1, 0.15) is 11.1 Å². The molecule has 74 valence electrons. The van der Waals surface area contributed by atoms with Crippen molar-refractivity contribution in [3.05, 3.63) is 28.0 Å². The highest BCUT2D eigenvalue weighted by molar-refractivity contribution is 6.33. The Balaban J connectivity index is 3.50. The van der Waals surface area contributed by atoms with Gasteiger partial charge < -0.3 is 4.74 Å². The van der Waals surface area contributed by atoms with E-state index in [1.165, 1.54) is 7.11 Å². The number of nitriles is 1. The Morgan fingerprint density at radius 3 is 2.71 bits per heavy atom. The van der Waals surface area contributed by atoms with E-state index in [9.17, 15) is 4.39 Å². The fraction of sp³-hybridized carbons (Fsp3) is 0.222. The fourth-order valence-electron chi connectivity index (χ4n) is 1.05. The van der Waals surface area contributed by atoms with Crippen molar-refractivity contribution in [2.24, 2.45) is 0 Å². The molecule has 14 heavy (non-hydrogen) atoms. The van der Waals surface area contributed by atoms with Crippen LogP contribution in [0.2, 0.25) is 5.02 Å². The summed E-state index contributed by atoms with van der Waals surface area (Å²) in [7, 11) is 1.32. The predicted molar refractivity (Wildman–Crippen MR) is 52.2 cm³/mol. The molecule has 0 bridgehead atoms. The molecule has 5 heteroatoms. The quantitative estimate of drug-likeness (QED) is 0.736. The molecule has 0 N–H and O–H groups in total. The number of hydrogen-bond acceptors (Lipinski definition) is 2. The summed E-state index contributed by atoms with van der Waals surface area (Å²) in [5.41, 5.74) is 0.202. The maximum absolute atomic E-state index is 13.2. The van der Waals surface area contributed by atoms with Gasteiger partial charge in [0.1, 0.15) is 17.4 Å². The minimum absolute atomic E-state index is 0.0322. The number of alkyl halides is 1. The summed E-state index contributed by atoms with van der Waals surface area (Å²) >= 11 is 11.4. The van der Waals surface area contributed by atoms with Crippen LogP contribution in [0.3, 0.4) is 0 Å². The van der Waals surface area contributed by atoms with E-state index in [0.29, 0.717) is 5.56 Å². The van der Waals surface area contributed by atoms with Crippen molar-refractivity contribution in [2.45, 2.75) is 5.88 Å². The SMILES string of the molecule is COc1c(Cl)c(CCl)cc(F)c1C#N. The van der Waals surface area contributed by atoms with E-state index in [1.807, 2.05) is 0 Å². The van der Waals surface area contributed by atoms with Gasteiger partial charge in [-0.1, -0.05) is 11.6 Å². The van der Waals surface area contributed by atoms with Crippen molar-refractivity contribution in [1.29, 1.82) is 5.26 Å². The second-order valence-electron chi connectivity index (χ2n) is 2.49. The first-order valence-corrected chi connectivity index (χ1v) is 4.57. The molecule has 2 nitrogen and oxygen atoms in total. The van der Waals surface area contributed by atoms with Crippen LogP contribution in [0.5, 0.6) is 5.75 Å². The second kappa shape index (κ2) is 4.50. The minimum Gasteiger partial charge on any atom is -0.494 e. The Morgan fingerprint density at radius 2 is 2.29 bits per heavy atom. The first-order valence-electron chi connectivity index (χ1n) is 3.66. The summed E-state index contributed by atoms with van der Waals surface area (Å²) in [6.45, 7) is 0. The highest BCUT2D eigenvalue weighted by Crippen LogP contribution is 2.34. The van der Waals surface area contributed by atoms with Crippen LogP contribution >= 0.6 is 23.2 Å². The van der Waals surface area contributed by atoms with Crippen molar-refractivity contribution in [2.75, 3.05) is 7.11 Å². The molecule has 0 saturated carbocycles. The normalized spacial score (nSPS) is 9.64. The molecular weight excluding hydrogens is 228 g/mol. The average Bonchev–Trinajstić information content (AvgIpc) is 2.20. The first kappa shape index (κ1) is 11.1. The van der Waals surface area contributed by atoms with Crippen LogP contribution in [0.25, 0.3) is 0 Å². The van der Waals surface area contributed by atoms with Gasteiger partial charge in [0.05, 0.1) is 12.1 Å². The van der Waals surface area contributed by atoms with Gasteiger partial charge in [-0.05, 0) is 11.6 Å². The van der Waals surface area contributed by atoms with Crippen molar-refractivity contribution in [1.82, 2.24) is 0 Å². The lowest BCUT2D eigenvalue weighted by atomic mass is 10.1. The number of nitrogens with zero attached hydrogens (tertiary/aromatic N) is 1. The number of halogens is 3. The third-order valence-corrected chi connectivity index (χ3v) is 2.41. The molecule has 0 fully saturated rings. The van der Waals surface area contributed by atoms with Crippen molar-refractivity contribution >= 4 is 23.2 Å². The summed E-state index contributed by atoms with van der Waals surface area (Å²) in [5, 5.41) is 8.84. The van der Waals surface area contributed by atoms with E-state index < -0.39 is 5.82 Å². The number of rotatable bonds is 2. The maximum atomic E-state index is 13.2. The molecule has 1 aromatic carbocycles. The Bertz CT molecular complexity index is 400. The molecular formula is C9H6Cl2FNO. The smallest absolute Gasteiger partial charge is 0.158 e. The largest absolute Gasteiger partial charge is 0.494 e. The van der Waals surface area contributed by atoms with Crippen molar-refractivity contribution in [3.63, 3.8) is 0 Å². The Morgan fingerprint density at radius 1 is 1.64 bits per heavy atom. The third kappa shape index (κ3) is 1.77. The van der Waals surface area contributed by atoms with Crippen LogP contribution in [0.15, 0.2) is 6.07 Å². The van der Waals surface area contributed by atoms with E-state index in [-0.39, 0.29) is 22.2 Å². The molecule has 0 unspecified atom stereocenters. The van der Waals surface area contributed by atoms with Crippen LogP contribution in [0, 0.1) is 17.1 Å². The number of hydrogen-bond donors (Lipinski definition) is 0. The molecule has 0 heterocycles. The zero-order valence-electron chi connectivity index (χ0n) is 7.27. The molecule has 0 amide bonds. The van der Waals surface area contributed by atoms with E-state index in [4.69, 9.17) is 33.2 Å². The minimum atomic E-state index is -0.676. The third-order valence-electron chi connectivity index (χ3n) is 1.71. The lowest BCUT2D eigenvalue weighted by Gasteiger charge is -2.09. The Labute approximate surface area is 90.8 Å². The van der Waals surface area contributed by atoms with Gasteiger partial charge in [-0.2, -0.15) is 5.26 Å². The van der Waals surface area contributed by atoms with Gasteiger partial charge in [-0.3, -0.25) is 0 Å². The Hall–Kier alpha value is -0.980. The van der Waals surface area contributed by atoms with E-state index >= 15 is 0 Å². The molecule has 0 spiro atoms. The molecule has 0 aliphatic heterocycles. The first-order chi connectivity index (χ1) is 6.65. The van der Waals surface area contributed by atoms with Gasteiger partial charge in [0.15, 0.2) is 5.75 Å². The highest BCUT2D eigenvalue weighted by atomic mass is 35.5. The summed E-state index contributed by atoms with van der Waals surface area (Å²) in [4.78, 5) is 0. The number of methoxy groups -OCH3 is 1. The molecule has 0 aromatic heterocycles. The second-order valence-corrected chi connectivity index (χ2v) is 3.13. The summed E-state index contributed by atoms with van der Waals surface area (Å²) < 4.78 is 18.1. The summed E-state index contributed by atoms with van der Waals surface area (Å²) in [6.07, 6.45) is 0. The molecule has 0 radical (unpaired) electrons. The van der Waals surface area contributed by atoms with Crippen LogP contribution in [-0.2, 0) is 5.88 Å². The monoisotopic (exact) mass is 233 g/mol. The molecule has 0 saturated heterocycles. The maximum Gasteiger partial charge on any atom is 0.158 e. The summed E-state index contributed by atoms with van der Waals surface area (Å²) in [5.74, 6) is -0.577. The van der Waals surface area contributed by atoms with Gasteiger partial charge in [0.2, 0.25) is 0 Å². The van der Waals surface area contributed by atoms with Crippen molar-refractivity contribution in [3.8, 4) is 11.8 Å². The van der Waals surface area contributed by atoms with E-state index in [2.05, 4.69) is 0 Å². The lowest BCUT2D eigenvalue weighted by molar-refractivity contribution is 0.409. The molecule has 0 atom stereocenters. The zero-order valence-corrected chi connectivity index (χ0v) is 8.79. The predicted octanol–water partition coefficient (Wildman–Crippen LogP) is 3.10. The zero-order chi connectivity index (χ0) is 10.7. The number of benzene rings is 1. The van der Waals surface area contributed by atoms with Gasteiger partial charge >= 0.3 is 0 Å². The van der Waals surface area contributed by atoms with E-state index in [0.717, 1.165) is 6.07 Å². The molecule has 1 aromatic rings. The van der Waals surface area contributed by atoms with Crippen LogP contribution in [0.4, 0.5) is 4.39 Å². The highest BCUT2D eigenvalue weighted by Gasteiger charge is 2.16. The standard InChI is InChI=1S/C9H6Cl2FNO/c1-14-9-6(4-13)7(12)2-5(3-10)8(9)11/h2H,3H2,1H3.